The minimum absolute atomic E-state index is 0.0390. The molecule has 0 aliphatic carbocycles. The first-order chi connectivity index (χ1) is 16.5. The van der Waals surface area contributed by atoms with E-state index in [0.717, 1.165) is 30.7 Å². The van der Waals surface area contributed by atoms with E-state index in [1.54, 1.807) is 6.92 Å². The third kappa shape index (κ3) is 18.3. The molecule has 0 bridgehead atoms. The Balaban J connectivity index is 4.82. The number of aliphatic hydroxyl groups excluding tert-OH is 2. The van der Waals surface area contributed by atoms with Crippen molar-refractivity contribution in [1.29, 1.82) is 0 Å². The van der Waals surface area contributed by atoms with Crippen LogP contribution in [0.4, 0.5) is 4.79 Å². The van der Waals surface area contributed by atoms with Crippen molar-refractivity contribution in [2.75, 3.05) is 57.8 Å². The van der Waals surface area contributed by atoms with E-state index >= 15 is 0 Å². The van der Waals surface area contributed by atoms with Gasteiger partial charge in [0.2, 0.25) is 0 Å². The molecule has 0 aliphatic heterocycles. The minimum Gasteiger partial charge on any atom is -0.458 e. The van der Waals surface area contributed by atoms with Crippen molar-refractivity contribution in [2.24, 2.45) is 17.8 Å². The number of carbonyl (C=O) groups is 1. The van der Waals surface area contributed by atoms with Crippen LogP contribution in [-0.2, 0) is 22.4 Å². The van der Waals surface area contributed by atoms with Gasteiger partial charge in [-0.1, -0.05) is 20.8 Å². The van der Waals surface area contributed by atoms with Gasteiger partial charge in [-0.2, -0.15) is 12.6 Å². The van der Waals surface area contributed by atoms with E-state index in [-0.39, 0.29) is 36.3 Å². The Morgan fingerprint density at radius 2 is 1.26 bits per heavy atom. The number of aliphatic hydroxyl groups is 2. The lowest BCUT2D eigenvalue weighted by atomic mass is 10.2. The van der Waals surface area contributed by atoms with Crippen molar-refractivity contribution >= 4 is 46.8 Å². The second-order valence-electron chi connectivity index (χ2n) is 9.65. The van der Waals surface area contributed by atoms with Crippen molar-refractivity contribution in [3.05, 3.63) is 0 Å². The topological polar surface area (TPSA) is 104 Å². The SMILES string of the molecule is CCOC(=O)SCCC[Si](C)(OCC(C)CO)OCC(C)CO[Si](C)(CCCS)OCC(C)CO. The van der Waals surface area contributed by atoms with E-state index in [2.05, 4.69) is 26.1 Å². The van der Waals surface area contributed by atoms with E-state index in [9.17, 15) is 15.0 Å². The maximum Gasteiger partial charge on any atom is 0.367 e. The second-order valence-corrected chi connectivity index (χ2v) is 17.8. The lowest BCUT2D eigenvalue weighted by molar-refractivity contribution is 0.0871. The van der Waals surface area contributed by atoms with Gasteiger partial charge in [0.15, 0.2) is 0 Å². The molecule has 0 rings (SSSR count). The number of thioether (sulfide) groups is 1. The largest absolute Gasteiger partial charge is 0.458 e. The number of rotatable bonds is 22. The fourth-order valence-electron chi connectivity index (χ4n) is 2.91. The molecule has 0 saturated heterocycles. The molecule has 0 aromatic heterocycles. The van der Waals surface area contributed by atoms with Crippen LogP contribution in [0.5, 0.6) is 0 Å². The Morgan fingerprint density at radius 3 is 1.66 bits per heavy atom. The average molecular weight is 575 g/mol. The Bertz CT molecular complexity index is 552. The van der Waals surface area contributed by atoms with Crippen LogP contribution in [0.15, 0.2) is 0 Å². The third-order valence-corrected chi connectivity index (χ3v) is 12.2. The van der Waals surface area contributed by atoms with Crippen molar-refractivity contribution < 1.29 is 37.4 Å². The molecule has 0 radical (unpaired) electrons. The molecular formula is C23H50O8S2Si2. The van der Waals surface area contributed by atoms with Gasteiger partial charge >= 0.3 is 22.4 Å². The molecule has 12 heteroatoms. The second kappa shape index (κ2) is 20.3. The summed E-state index contributed by atoms with van der Waals surface area (Å²) >= 11 is 5.51. The first-order valence-electron chi connectivity index (χ1n) is 12.7. The monoisotopic (exact) mass is 574 g/mol. The van der Waals surface area contributed by atoms with Gasteiger partial charge in [0.05, 0.1) is 6.61 Å². The van der Waals surface area contributed by atoms with Gasteiger partial charge in [0.25, 0.3) is 0 Å². The minimum atomic E-state index is -2.50. The maximum atomic E-state index is 11.6. The highest BCUT2D eigenvalue weighted by Gasteiger charge is 2.34. The summed E-state index contributed by atoms with van der Waals surface area (Å²) < 4.78 is 30.0. The van der Waals surface area contributed by atoms with E-state index in [4.69, 9.17) is 22.4 Å². The number of carbonyl (C=O) groups excluding carboxylic acids is 1. The van der Waals surface area contributed by atoms with Gasteiger partial charge in [0.1, 0.15) is 0 Å². The van der Waals surface area contributed by atoms with Crippen LogP contribution in [0.2, 0.25) is 25.2 Å². The lowest BCUT2D eigenvalue weighted by Crippen LogP contribution is -2.43. The maximum absolute atomic E-state index is 11.6. The van der Waals surface area contributed by atoms with Crippen LogP contribution in [0, 0.1) is 17.8 Å². The summed E-state index contributed by atoms with van der Waals surface area (Å²) in [6, 6.07) is 1.61. The van der Waals surface area contributed by atoms with Crippen LogP contribution in [-0.4, -0.2) is 90.4 Å². The molecule has 5 atom stereocenters. The molecule has 0 amide bonds. The standard InChI is InChI=1S/C23H50O8S2Si2/c1-7-27-23(26)33-11-9-13-35(6,29-17-21(3)15-25)31-19-22(4)18-30-34(5,12-8-10-32)28-16-20(2)14-24/h20-22,24-25,32H,7-19H2,1-6H3. The van der Waals surface area contributed by atoms with Crippen LogP contribution in [0.1, 0.15) is 40.5 Å². The molecule has 35 heavy (non-hydrogen) atoms. The summed E-state index contributed by atoms with van der Waals surface area (Å²) in [6.07, 6.45) is 1.71. The van der Waals surface area contributed by atoms with Gasteiger partial charge < -0.3 is 32.7 Å². The lowest BCUT2D eigenvalue weighted by Gasteiger charge is -2.32. The molecule has 0 heterocycles. The Kier molecular flexibility index (Phi) is 20.6. The van der Waals surface area contributed by atoms with Gasteiger partial charge in [-0.15, -0.1) is 0 Å². The molecule has 0 spiro atoms. The van der Waals surface area contributed by atoms with Crippen LogP contribution in [0.3, 0.4) is 0 Å². The van der Waals surface area contributed by atoms with Gasteiger partial charge in [-0.25, -0.2) is 4.79 Å². The van der Waals surface area contributed by atoms with Crippen molar-refractivity contribution in [3.8, 4) is 0 Å². The Hall–Kier alpha value is 0.364. The Labute approximate surface area is 225 Å². The van der Waals surface area contributed by atoms with E-state index in [1.807, 2.05) is 20.4 Å². The predicted octanol–water partition coefficient (Wildman–Crippen LogP) is 4.69. The molecule has 8 nitrogen and oxygen atoms in total. The van der Waals surface area contributed by atoms with Gasteiger partial charge in [0, 0.05) is 63.1 Å². The van der Waals surface area contributed by atoms with Crippen LogP contribution < -0.4 is 0 Å². The zero-order valence-electron chi connectivity index (χ0n) is 22.6. The van der Waals surface area contributed by atoms with E-state index < -0.39 is 17.1 Å². The number of thiol groups is 1. The quantitative estimate of drug-likeness (QED) is 0.0735. The molecule has 0 fully saturated rings. The number of hydrogen-bond acceptors (Lipinski definition) is 10. The predicted molar refractivity (Wildman–Crippen MR) is 151 cm³/mol. The van der Waals surface area contributed by atoms with E-state index in [0.29, 0.717) is 38.8 Å². The summed E-state index contributed by atoms with van der Waals surface area (Å²) in [7, 11) is -4.88. The van der Waals surface area contributed by atoms with E-state index in [1.165, 1.54) is 11.8 Å². The molecule has 210 valence electrons. The molecule has 0 aliphatic rings. The summed E-state index contributed by atoms with van der Waals surface area (Å²) in [4.78, 5) is 11.6. The number of hydrogen-bond donors (Lipinski definition) is 3. The molecule has 5 unspecified atom stereocenters. The normalized spacial score (nSPS) is 17.9. The molecule has 0 aromatic rings. The first-order valence-corrected chi connectivity index (χ1v) is 19.4. The molecule has 0 aromatic carbocycles. The van der Waals surface area contributed by atoms with Gasteiger partial charge in [-0.3, -0.25) is 0 Å². The summed E-state index contributed by atoms with van der Waals surface area (Å²) in [5, 5.41) is 18.4. The van der Waals surface area contributed by atoms with Crippen molar-refractivity contribution in [1.82, 2.24) is 0 Å². The molecule has 2 N–H and O–H groups in total. The average Bonchev–Trinajstić information content (AvgIpc) is 2.85. The highest BCUT2D eigenvalue weighted by atomic mass is 32.2. The fourth-order valence-corrected chi connectivity index (χ4v) is 9.21. The van der Waals surface area contributed by atoms with Crippen molar-refractivity contribution in [2.45, 2.75) is 65.7 Å². The Morgan fingerprint density at radius 1 is 0.829 bits per heavy atom. The fraction of sp³-hybridized carbons (Fsp3) is 0.957. The summed E-state index contributed by atoms with van der Waals surface area (Å²) in [6.45, 7) is 14.4. The molecular weight excluding hydrogens is 525 g/mol. The van der Waals surface area contributed by atoms with Gasteiger partial charge in [-0.05, 0) is 62.5 Å². The molecule has 0 saturated carbocycles. The highest BCUT2D eigenvalue weighted by Crippen LogP contribution is 2.23. The van der Waals surface area contributed by atoms with Crippen molar-refractivity contribution in [3.63, 3.8) is 0 Å². The first kappa shape index (κ1) is 35.4. The smallest absolute Gasteiger partial charge is 0.367 e. The van der Waals surface area contributed by atoms with Crippen LogP contribution >= 0.6 is 24.4 Å². The zero-order chi connectivity index (χ0) is 26.7. The summed E-state index contributed by atoms with van der Waals surface area (Å²) in [5.41, 5.74) is 0. The zero-order valence-corrected chi connectivity index (χ0v) is 26.3. The third-order valence-electron chi connectivity index (χ3n) is 5.36. The van der Waals surface area contributed by atoms with Crippen LogP contribution in [0.25, 0.3) is 0 Å². The number of ether oxygens (including phenoxy) is 1. The highest BCUT2D eigenvalue weighted by molar-refractivity contribution is 8.13. The summed E-state index contributed by atoms with van der Waals surface area (Å²) in [5.74, 6) is 1.70.